The second-order valence-corrected chi connectivity index (χ2v) is 14.3. The van der Waals surface area contributed by atoms with E-state index in [1.807, 2.05) is 0 Å². The van der Waals surface area contributed by atoms with Gasteiger partial charge in [0.15, 0.2) is 8.07 Å². The number of para-hydroxylation sites is 1. The lowest BCUT2D eigenvalue weighted by Gasteiger charge is -2.34. The van der Waals surface area contributed by atoms with Gasteiger partial charge in [-0.25, -0.2) is 0 Å². The van der Waals surface area contributed by atoms with Gasteiger partial charge in [0, 0.05) is 17.4 Å². The molecule has 200 valence electrons. The van der Waals surface area contributed by atoms with E-state index >= 15 is 0 Å². The van der Waals surface area contributed by atoms with Crippen LogP contribution in [0.2, 0.25) is 0 Å². The molecular weight excluding hydrogens is 523 g/mol. The van der Waals surface area contributed by atoms with Gasteiger partial charge in [-0.1, -0.05) is 170 Å². The first-order valence-electron chi connectivity index (χ1n) is 14.5. The summed E-state index contributed by atoms with van der Waals surface area (Å²) in [7, 11) is -2.82. The number of hydrogen-bond donors (Lipinski definition) is 0. The molecule has 1 aromatic heterocycles. The minimum atomic E-state index is -2.82. The fourth-order valence-electron chi connectivity index (χ4n) is 6.39. The summed E-state index contributed by atoms with van der Waals surface area (Å²) in [6.45, 7) is 0. The van der Waals surface area contributed by atoms with Crippen molar-refractivity contribution in [2.24, 2.45) is 0 Å². The van der Waals surface area contributed by atoms with Crippen LogP contribution in [0.25, 0.3) is 28.1 Å². The van der Waals surface area contributed by atoms with Crippen LogP contribution in [0.15, 0.2) is 188 Å². The Morgan fingerprint density at radius 2 is 0.714 bits per heavy atom. The quantitative estimate of drug-likeness (QED) is 0.145. The van der Waals surface area contributed by atoms with Crippen molar-refractivity contribution in [3.8, 4) is 28.1 Å². The van der Waals surface area contributed by atoms with Crippen molar-refractivity contribution in [3.05, 3.63) is 188 Å². The molecule has 0 radical (unpaired) electrons. The molecule has 0 bridgehead atoms. The van der Waals surface area contributed by atoms with Gasteiger partial charge in [0.05, 0.1) is 5.69 Å². The Labute approximate surface area is 249 Å². The summed E-state index contributed by atoms with van der Waals surface area (Å²) in [6, 6.07) is 66.1. The van der Waals surface area contributed by atoms with Crippen LogP contribution in [0.5, 0.6) is 0 Å². The molecule has 6 aromatic carbocycles. The molecule has 0 aliphatic rings. The SMILES string of the molecule is c1ccc(-c2c([Si](c3ccccc3)(c3ccccc3)c3ccccc3)cn(-c3ccccc3)c2-c2ccccc2)cc1. The lowest BCUT2D eigenvalue weighted by Crippen LogP contribution is -2.74. The number of nitrogens with zero attached hydrogens (tertiary/aromatic N) is 1. The summed E-state index contributed by atoms with van der Waals surface area (Å²) in [5.41, 5.74) is 6.07. The second-order valence-electron chi connectivity index (χ2n) is 10.6. The van der Waals surface area contributed by atoms with Gasteiger partial charge in [-0.05, 0) is 44.0 Å². The highest BCUT2D eigenvalue weighted by Gasteiger charge is 2.45. The molecule has 0 aliphatic carbocycles. The molecule has 1 heterocycles. The number of hydrogen-bond acceptors (Lipinski definition) is 0. The first-order chi connectivity index (χ1) is 20.9. The molecule has 0 aliphatic heterocycles. The maximum atomic E-state index is 2.44. The van der Waals surface area contributed by atoms with E-state index in [2.05, 4.69) is 193 Å². The van der Waals surface area contributed by atoms with Gasteiger partial charge in [0.25, 0.3) is 0 Å². The average Bonchev–Trinajstić information content (AvgIpc) is 3.49. The van der Waals surface area contributed by atoms with Crippen LogP contribution in [0, 0.1) is 0 Å². The van der Waals surface area contributed by atoms with Crippen LogP contribution in [0.3, 0.4) is 0 Å². The zero-order valence-corrected chi connectivity index (χ0v) is 24.3. The van der Waals surface area contributed by atoms with Crippen molar-refractivity contribution >= 4 is 28.8 Å². The summed E-state index contributed by atoms with van der Waals surface area (Å²) in [5.74, 6) is 0. The summed E-state index contributed by atoms with van der Waals surface area (Å²) >= 11 is 0. The Balaban J connectivity index is 1.72. The third-order valence-electron chi connectivity index (χ3n) is 8.17. The Morgan fingerprint density at radius 1 is 0.357 bits per heavy atom. The van der Waals surface area contributed by atoms with Crippen molar-refractivity contribution in [3.63, 3.8) is 0 Å². The first kappa shape index (κ1) is 25.8. The molecule has 0 amide bonds. The molecule has 2 heteroatoms. The summed E-state index contributed by atoms with van der Waals surface area (Å²) in [6.07, 6.45) is 2.44. The zero-order valence-electron chi connectivity index (χ0n) is 23.3. The summed E-state index contributed by atoms with van der Waals surface area (Å²) in [4.78, 5) is 0. The van der Waals surface area contributed by atoms with Crippen LogP contribution < -0.4 is 20.7 Å². The van der Waals surface area contributed by atoms with Crippen LogP contribution in [-0.2, 0) is 0 Å². The molecule has 0 N–H and O–H groups in total. The average molecular weight is 554 g/mol. The van der Waals surface area contributed by atoms with Gasteiger partial charge in [0.1, 0.15) is 0 Å². The number of aromatic nitrogens is 1. The van der Waals surface area contributed by atoms with E-state index in [1.54, 1.807) is 0 Å². The van der Waals surface area contributed by atoms with Gasteiger partial charge in [-0.3, -0.25) is 0 Å². The van der Waals surface area contributed by atoms with Crippen molar-refractivity contribution < 1.29 is 0 Å². The Hall–Kier alpha value is -5.18. The molecule has 0 fully saturated rings. The highest BCUT2D eigenvalue weighted by molar-refractivity contribution is 7.20. The predicted molar refractivity (Wildman–Crippen MR) is 180 cm³/mol. The Bertz CT molecular complexity index is 1780. The zero-order chi connectivity index (χ0) is 28.2. The summed E-state index contributed by atoms with van der Waals surface area (Å²) in [5, 5.41) is 5.47. The molecular formula is C40H31NSi. The molecule has 7 rings (SSSR count). The van der Waals surface area contributed by atoms with Gasteiger partial charge >= 0.3 is 0 Å². The van der Waals surface area contributed by atoms with E-state index in [-0.39, 0.29) is 0 Å². The van der Waals surface area contributed by atoms with Gasteiger partial charge in [0.2, 0.25) is 0 Å². The third kappa shape index (κ3) is 4.43. The topological polar surface area (TPSA) is 4.93 Å². The fraction of sp³-hybridized carbons (Fsp3) is 0. The van der Waals surface area contributed by atoms with Crippen LogP contribution in [0.1, 0.15) is 0 Å². The van der Waals surface area contributed by atoms with Crippen LogP contribution in [0.4, 0.5) is 0 Å². The van der Waals surface area contributed by atoms with Crippen molar-refractivity contribution in [2.45, 2.75) is 0 Å². The molecule has 0 saturated carbocycles. The van der Waals surface area contributed by atoms with E-state index < -0.39 is 8.07 Å². The number of rotatable bonds is 7. The molecule has 42 heavy (non-hydrogen) atoms. The predicted octanol–water partition coefficient (Wildman–Crippen LogP) is 7.19. The van der Waals surface area contributed by atoms with Crippen molar-refractivity contribution in [1.29, 1.82) is 0 Å². The first-order valence-corrected chi connectivity index (χ1v) is 16.5. The summed E-state index contributed by atoms with van der Waals surface area (Å²) < 4.78 is 2.42. The van der Waals surface area contributed by atoms with Crippen LogP contribution in [-0.4, -0.2) is 12.6 Å². The molecule has 1 nitrogen and oxygen atoms in total. The smallest absolute Gasteiger partial charge is 0.181 e. The van der Waals surface area contributed by atoms with E-state index in [1.165, 1.54) is 43.1 Å². The number of benzene rings is 6. The molecule has 0 atom stereocenters. The van der Waals surface area contributed by atoms with Gasteiger partial charge < -0.3 is 4.57 Å². The van der Waals surface area contributed by atoms with E-state index in [0.717, 1.165) is 5.69 Å². The van der Waals surface area contributed by atoms with Gasteiger partial charge in [-0.2, -0.15) is 0 Å². The van der Waals surface area contributed by atoms with E-state index in [4.69, 9.17) is 0 Å². The van der Waals surface area contributed by atoms with Crippen molar-refractivity contribution in [2.75, 3.05) is 0 Å². The molecule has 0 spiro atoms. The molecule has 0 saturated heterocycles. The lowest BCUT2D eigenvalue weighted by molar-refractivity contribution is 1.09. The van der Waals surface area contributed by atoms with E-state index in [9.17, 15) is 0 Å². The van der Waals surface area contributed by atoms with Crippen molar-refractivity contribution in [1.82, 2.24) is 4.57 Å². The third-order valence-corrected chi connectivity index (χ3v) is 13.0. The normalized spacial score (nSPS) is 11.3. The standard InChI is InChI=1S/C40H31NSi/c1-7-19-32(20-8-1)39-38(31-41(34-23-11-3-12-24-34)40(39)33-21-9-2-10-22-33)42(35-25-13-4-14-26-35,36-27-15-5-16-28-36)37-29-17-6-18-30-37/h1-31H. The fourth-order valence-corrected chi connectivity index (χ4v) is 11.4. The highest BCUT2D eigenvalue weighted by atomic mass is 28.3. The molecule has 0 unspecified atom stereocenters. The highest BCUT2D eigenvalue weighted by Crippen LogP contribution is 2.35. The maximum Gasteiger partial charge on any atom is 0.181 e. The Morgan fingerprint density at radius 3 is 1.14 bits per heavy atom. The minimum Gasteiger partial charge on any atom is -0.316 e. The Kier molecular flexibility index (Phi) is 6.97. The lowest BCUT2D eigenvalue weighted by atomic mass is 10.0. The van der Waals surface area contributed by atoms with Crippen LogP contribution >= 0.6 is 0 Å². The largest absolute Gasteiger partial charge is 0.316 e. The van der Waals surface area contributed by atoms with E-state index in [0.29, 0.717) is 0 Å². The second kappa shape index (κ2) is 11.4. The minimum absolute atomic E-state index is 1.15. The molecule has 7 aromatic rings. The van der Waals surface area contributed by atoms with Gasteiger partial charge in [-0.15, -0.1) is 0 Å². The monoisotopic (exact) mass is 553 g/mol. The maximum absolute atomic E-state index is 2.82.